The van der Waals surface area contributed by atoms with Crippen LogP contribution in [-0.4, -0.2) is 48.8 Å². The van der Waals surface area contributed by atoms with E-state index in [2.05, 4.69) is 33.2 Å². The number of aldehydes is 1. The van der Waals surface area contributed by atoms with E-state index in [1.165, 1.54) is 12.8 Å². The average molecular weight is 450 g/mol. The van der Waals surface area contributed by atoms with Gasteiger partial charge in [0.1, 0.15) is 12.1 Å². The molecule has 1 aromatic heterocycles. The lowest BCUT2D eigenvalue weighted by Gasteiger charge is -2.09. The number of hydrogen-bond donors (Lipinski definition) is 1. The second-order valence-corrected chi connectivity index (χ2v) is 7.29. The minimum absolute atomic E-state index is 0.575. The molecule has 0 saturated carbocycles. The zero-order valence-corrected chi connectivity index (χ0v) is 21.2. The number of carbonyl (C=O) groups excluding carboxylic acids is 1. The van der Waals surface area contributed by atoms with Crippen LogP contribution in [0.3, 0.4) is 0 Å². The molecule has 0 unspecified atom stereocenters. The van der Waals surface area contributed by atoms with Crippen LogP contribution in [0.2, 0.25) is 0 Å². The molecule has 0 spiro atoms. The van der Waals surface area contributed by atoms with Crippen LogP contribution in [0.25, 0.3) is 10.9 Å². The highest BCUT2D eigenvalue weighted by Gasteiger charge is 2.04. The van der Waals surface area contributed by atoms with E-state index in [0.29, 0.717) is 11.1 Å². The second-order valence-electron chi connectivity index (χ2n) is 7.29. The van der Waals surface area contributed by atoms with Crippen molar-refractivity contribution in [1.82, 2.24) is 20.2 Å². The lowest BCUT2D eigenvalue weighted by molar-refractivity contribution is 0.112. The number of benzene rings is 2. The Kier molecular flexibility index (Phi) is 16.7. The predicted molar refractivity (Wildman–Crippen MR) is 138 cm³/mol. The highest BCUT2D eigenvalue weighted by molar-refractivity contribution is 5.80. The zero-order valence-electron chi connectivity index (χ0n) is 21.2. The first-order chi connectivity index (χ1) is 15.9. The Labute approximate surface area is 199 Å². The summed E-state index contributed by atoms with van der Waals surface area (Å²) in [7, 11) is 6.03. The molecule has 6 heteroatoms. The third-order valence-corrected chi connectivity index (χ3v) is 4.25. The minimum atomic E-state index is 0.575. The third-order valence-electron chi connectivity index (χ3n) is 4.25. The molecule has 0 saturated heterocycles. The molecular weight excluding hydrogens is 410 g/mol. The summed E-state index contributed by atoms with van der Waals surface area (Å²) >= 11 is 0. The van der Waals surface area contributed by atoms with Gasteiger partial charge >= 0.3 is 0 Å². The number of nitriles is 1. The van der Waals surface area contributed by atoms with Crippen LogP contribution in [0.15, 0.2) is 48.5 Å². The number of aromatic nitrogens is 2. The van der Waals surface area contributed by atoms with Crippen molar-refractivity contribution in [2.75, 3.05) is 27.7 Å². The van der Waals surface area contributed by atoms with Crippen molar-refractivity contribution in [3.63, 3.8) is 0 Å². The monoisotopic (exact) mass is 449 g/mol. The molecule has 0 aliphatic carbocycles. The lowest BCUT2D eigenvalue weighted by Crippen LogP contribution is -2.13. The Morgan fingerprint density at radius 3 is 2.18 bits per heavy atom. The normalized spacial score (nSPS) is 9.42. The van der Waals surface area contributed by atoms with E-state index in [9.17, 15) is 4.79 Å². The molecule has 0 aliphatic heterocycles. The van der Waals surface area contributed by atoms with Gasteiger partial charge in [-0.1, -0.05) is 57.5 Å². The van der Waals surface area contributed by atoms with Gasteiger partial charge in [0.05, 0.1) is 23.7 Å². The van der Waals surface area contributed by atoms with Gasteiger partial charge in [0.2, 0.25) is 0 Å². The molecule has 33 heavy (non-hydrogen) atoms. The first kappa shape index (κ1) is 29.9. The van der Waals surface area contributed by atoms with Gasteiger partial charge in [0.25, 0.3) is 0 Å². The fraction of sp³-hybridized carbons (Fsp3) is 0.407. The average Bonchev–Trinajstić information content (AvgIpc) is 2.84. The molecule has 3 aromatic rings. The number of nitrogens with one attached hydrogen (secondary N) is 1. The molecule has 0 fully saturated rings. The van der Waals surface area contributed by atoms with Crippen molar-refractivity contribution in [1.29, 1.82) is 5.26 Å². The van der Waals surface area contributed by atoms with Crippen LogP contribution in [-0.2, 0) is 6.54 Å². The number of para-hydroxylation sites is 1. The molecule has 0 amide bonds. The highest BCUT2D eigenvalue weighted by atomic mass is 16.1. The molecule has 0 atom stereocenters. The smallest absolute Gasteiger partial charge is 0.150 e. The summed E-state index contributed by atoms with van der Waals surface area (Å²) in [4.78, 5) is 21.2. The molecule has 2 aromatic carbocycles. The maximum absolute atomic E-state index is 10.1. The molecule has 1 heterocycles. The molecule has 0 bridgehead atoms. The number of fused-ring (bicyclic) bond motifs is 1. The third kappa shape index (κ3) is 12.5. The Bertz CT molecular complexity index is 958. The Hall–Kier alpha value is -3.14. The minimum Gasteiger partial charge on any atom is -0.320 e. The summed E-state index contributed by atoms with van der Waals surface area (Å²) in [6.07, 6.45) is 3.35. The van der Waals surface area contributed by atoms with Gasteiger partial charge in [0.15, 0.2) is 0 Å². The topological polar surface area (TPSA) is 81.9 Å². The first-order valence-corrected chi connectivity index (χ1v) is 11.4. The standard InChI is InChI=1S/C12H15N3.C8H5NO.C5H13N.C2H6/c1-9-10-6-4-5-7-11(10)14-12(13-9)8-15(2)3;9-5-7-1-3-8(6-10)4-2-7;1-3-4-5-6-2;1-2/h4-7H,8H2,1-3H3;1-4,6H;6H,3-5H2,1-2H3;1-2H3. The SMILES string of the molecule is CC.CCCCNC.Cc1nc(CN(C)C)nc2ccccc12.N#Cc1ccc(C=O)cc1. The molecule has 0 radical (unpaired) electrons. The lowest BCUT2D eigenvalue weighted by atomic mass is 10.2. The number of aryl methyl sites for hydroxylation is 1. The van der Waals surface area contributed by atoms with Crippen LogP contribution >= 0.6 is 0 Å². The summed E-state index contributed by atoms with van der Waals surface area (Å²) in [5, 5.41) is 12.6. The quantitative estimate of drug-likeness (QED) is 0.401. The molecule has 3 rings (SSSR count). The Morgan fingerprint density at radius 2 is 1.70 bits per heavy atom. The molecule has 0 aliphatic rings. The molecule has 178 valence electrons. The van der Waals surface area contributed by atoms with Crippen LogP contribution in [0.4, 0.5) is 0 Å². The van der Waals surface area contributed by atoms with E-state index in [0.717, 1.165) is 41.8 Å². The van der Waals surface area contributed by atoms with Gasteiger partial charge in [-0.15, -0.1) is 0 Å². The van der Waals surface area contributed by atoms with Gasteiger partial charge < -0.3 is 10.2 Å². The Balaban J connectivity index is 0.000000493. The molecule has 1 N–H and O–H groups in total. The number of carbonyl (C=O) groups is 1. The van der Waals surface area contributed by atoms with Crippen molar-refractivity contribution in [2.45, 2.75) is 47.1 Å². The second kappa shape index (κ2) is 18.4. The largest absolute Gasteiger partial charge is 0.320 e. The number of rotatable bonds is 6. The predicted octanol–water partition coefficient (Wildman–Crippen LogP) is 5.40. The number of hydrogen-bond acceptors (Lipinski definition) is 6. The van der Waals surface area contributed by atoms with E-state index in [4.69, 9.17) is 5.26 Å². The molecular formula is C27H39N5O. The number of nitrogens with zero attached hydrogens (tertiary/aromatic N) is 4. The van der Waals surface area contributed by atoms with Crippen molar-refractivity contribution in [3.05, 3.63) is 71.2 Å². The van der Waals surface area contributed by atoms with E-state index in [-0.39, 0.29) is 0 Å². The first-order valence-electron chi connectivity index (χ1n) is 11.4. The maximum Gasteiger partial charge on any atom is 0.150 e. The van der Waals surface area contributed by atoms with Crippen molar-refractivity contribution in [2.24, 2.45) is 0 Å². The van der Waals surface area contributed by atoms with Crippen LogP contribution in [0, 0.1) is 18.3 Å². The fourth-order valence-corrected chi connectivity index (χ4v) is 2.64. The summed E-state index contributed by atoms with van der Waals surface area (Å²) in [5.41, 5.74) is 3.25. The van der Waals surface area contributed by atoms with Crippen LogP contribution in [0.1, 0.15) is 61.1 Å². The van der Waals surface area contributed by atoms with Gasteiger partial charge in [-0.25, -0.2) is 9.97 Å². The van der Waals surface area contributed by atoms with Crippen LogP contribution < -0.4 is 5.32 Å². The summed E-state index contributed by atoms with van der Waals surface area (Å²) in [6.45, 7) is 10.2. The Morgan fingerprint density at radius 1 is 1.06 bits per heavy atom. The van der Waals surface area contributed by atoms with Crippen molar-refractivity contribution in [3.8, 4) is 6.07 Å². The van der Waals surface area contributed by atoms with Crippen LogP contribution in [0.5, 0.6) is 0 Å². The molecule has 6 nitrogen and oxygen atoms in total. The van der Waals surface area contributed by atoms with E-state index < -0.39 is 0 Å². The van der Waals surface area contributed by atoms with Gasteiger partial charge in [-0.2, -0.15) is 5.26 Å². The van der Waals surface area contributed by atoms with Gasteiger partial charge in [-0.3, -0.25) is 4.79 Å². The summed E-state index contributed by atoms with van der Waals surface area (Å²) in [6, 6.07) is 16.5. The number of unbranched alkanes of at least 4 members (excludes halogenated alkanes) is 1. The summed E-state index contributed by atoms with van der Waals surface area (Å²) < 4.78 is 0. The van der Waals surface area contributed by atoms with E-state index in [1.807, 2.05) is 66.2 Å². The fourth-order valence-electron chi connectivity index (χ4n) is 2.64. The van der Waals surface area contributed by atoms with E-state index >= 15 is 0 Å². The maximum atomic E-state index is 10.1. The zero-order chi connectivity index (χ0) is 25.1. The van der Waals surface area contributed by atoms with Crippen molar-refractivity contribution < 1.29 is 4.79 Å². The summed E-state index contributed by atoms with van der Waals surface area (Å²) in [5.74, 6) is 0.885. The van der Waals surface area contributed by atoms with E-state index in [1.54, 1.807) is 24.3 Å². The van der Waals surface area contributed by atoms with Crippen molar-refractivity contribution >= 4 is 17.2 Å². The van der Waals surface area contributed by atoms with Gasteiger partial charge in [0, 0.05) is 16.6 Å². The van der Waals surface area contributed by atoms with Gasteiger partial charge in [-0.05, 0) is 59.2 Å². The highest BCUT2D eigenvalue weighted by Crippen LogP contribution is 2.14.